The third kappa shape index (κ3) is 3.75. The molecule has 0 aliphatic carbocycles. The van der Waals surface area contributed by atoms with Gasteiger partial charge in [0.25, 0.3) is 0 Å². The molecule has 0 aliphatic heterocycles. The SMILES string of the molecule is COc1ccc(F)cc1NCC(C)(C)N. The van der Waals surface area contributed by atoms with Crippen molar-refractivity contribution in [3.8, 4) is 5.75 Å². The number of nitrogens with two attached hydrogens (primary N) is 1. The number of ether oxygens (including phenoxy) is 1. The Morgan fingerprint density at radius 3 is 2.67 bits per heavy atom. The van der Waals surface area contributed by atoms with Gasteiger partial charge in [0.1, 0.15) is 11.6 Å². The zero-order chi connectivity index (χ0) is 11.5. The molecule has 4 heteroatoms. The predicted octanol–water partition coefficient (Wildman–Crippen LogP) is 1.98. The number of benzene rings is 1. The van der Waals surface area contributed by atoms with Crippen molar-refractivity contribution in [1.29, 1.82) is 0 Å². The number of anilines is 1. The lowest BCUT2D eigenvalue weighted by atomic mass is 10.1. The predicted molar refractivity (Wildman–Crippen MR) is 59.7 cm³/mol. The summed E-state index contributed by atoms with van der Waals surface area (Å²) in [6.07, 6.45) is 0. The number of rotatable bonds is 4. The van der Waals surface area contributed by atoms with Crippen molar-refractivity contribution in [2.24, 2.45) is 5.73 Å². The topological polar surface area (TPSA) is 47.3 Å². The first-order valence-corrected chi connectivity index (χ1v) is 4.79. The van der Waals surface area contributed by atoms with Crippen LogP contribution in [-0.2, 0) is 0 Å². The summed E-state index contributed by atoms with van der Waals surface area (Å²) < 4.78 is 18.1. The fourth-order valence-electron chi connectivity index (χ4n) is 1.14. The summed E-state index contributed by atoms with van der Waals surface area (Å²) in [5.74, 6) is 0.314. The molecule has 0 fully saturated rings. The highest BCUT2D eigenvalue weighted by atomic mass is 19.1. The van der Waals surface area contributed by atoms with Crippen molar-refractivity contribution in [3.05, 3.63) is 24.0 Å². The smallest absolute Gasteiger partial charge is 0.142 e. The molecule has 0 heterocycles. The van der Waals surface area contributed by atoms with E-state index in [2.05, 4.69) is 5.32 Å². The van der Waals surface area contributed by atoms with Crippen molar-refractivity contribution in [1.82, 2.24) is 0 Å². The third-order valence-corrected chi connectivity index (χ3v) is 1.90. The standard InChI is InChI=1S/C11H17FN2O/c1-11(2,13)7-14-9-6-8(12)4-5-10(9)15-3/h4-6,14H,7,13H2,1-3H3. The highest BCUT2D eigenvalue weighted by molar-refractivity contribution is 5.56. The number of hydrogen-bond donors (Lipinski definition) is 2. The van der Waals surface area contributed by atoms with E-state index in [4.69, 9.17) is 10.5 Å². The summed E-state index contributed by atoms with van der Waals surface area (Å²) in [5, 5.41) is 3.05. The molecule has 15 heavy (non-hydrogen) atoms. The molecule has 0 atom stereocenters. The first-order chi connectivity index (χ1) is 6.92. The van der Waals surface area contributed by atoms with Crippen molar-refractivity contribution >= 4 is 5.69 Å². The van der Waals surface area contributed by atoms with Gasteiger partial charge in [-0.3, -0.25) is 0 Å². The molecule has 0 amide bonds. The molecular weight excluding hydrogens is 195 g/mol. The molecule has 3 N–H and O–H groups in total. The van der Waals surface area contributed by atoms with Crippen LogP contribution >= 0.6 is 0 Å². The van der Waals surface area contributed by atoms with Gasteiger partial charge in [0, 0.05) is 18.2 Å². The fraction of sp³-hybridized carbons (Fsp3) is 0.455. The lowest BCUT2D eigenvalue weighted by Crippen LogP contribution is -2.39. The highest BCUT2D eigenvalue weighted by Gasteiger charge is 2.12. The van der Waals surface area contributed by atoms with Crippen molar-refractivity contribution in [3.63, 3.8) is 0 Å². The Morgan fingerprint density at radius 2 is 2.13 bits per heavy atom. The number of halogens is 1. The first-order valence-electron chi connectivity index (χ1n) is 4.79. The van der Waals surface area contributed by atoms with Gasteiger partial charge in [0.05, 0.1) is 12.8 Å². The van der Waals surface area contributed by atoms with E-state index in [9.17, 15) is 4.39 Å². The van der Waals surface area contributed by atoms with Crippen molar-refractivity contribution in [2.75, 3.05) is 19.0 Å². The number of methoxy groups -OCH3 is 1. The summed E-state index contributed by atoms with van der Waals surface area (Å²) >= 11 is 0. The van der Waals surface area contributed by atoms with Gasteiger partial charge in [0.2, 0.25) is 0 Å². The Morgan fingerprint density at radius 1 is 1.47 bits per heavy atom. The lowest BCUT2D eigenvalue weighted by Gasteiger charge is -2.20. The minimum atomic E-state index is -0.350. The summed E-state index contributed by atoms with van der Waals surface area (Å²) in [5.41, 5.74) is 6.09. The van der Waals surface area contributed by atoms with Crippen LogP contribution < -0.4 is 15.8 Å². The van der Waals surface area contributed by atoms with E-state index >= 15 is 0 Å². The molecule has 1 rings (SSSR count). The molecule has 3 nitrogen and oxygen atoms in total. The maximum Gasteiger partial charge on any atom is 0.142 e. The average Bonchev–Trinajstić information content (AvgIpc) is 2.14. The van der Waals surface area contributed by atoms with Crippen LogP contribution in [0.1, 0.15) is 13.8 Å². The molecular formula is C11H17FN2O. The van der Waals surface area contributed by atoms with Gasteiger partial charge in [-0.2, -0.15) is 0 Å². The van der Waals surface area contributed by atoms with Gasteiger partial charge >= 0.3 is 0 Å². The Labute approximate surface area is 89.4 Å². The van der Waals surface area contributed by atoms with Crippen molar-refractivity contribution in [2.45, 2.75) is 19.4 Å². The monoisotopic (exact) mass is 212 g/mol. The van der Waals surface area contributed by atoms with E-state index in [1.165, 1.54) is 12.1 Å². The van der Waals surface area contributed by atoms with E-state index in [0.29, 0.717) is 18.0 Å². The number of hydrogen-bond acceptors (Lipinski definition) is 3. The normalized spacial score (nSPS) is 11.3. The molecule has 0 aromatic heterocycles. The zero-order valence-electron chi connectivity index (χ0n) is 9.30. The second kappa shape index (κ2) is 4.49. The minimum absolute atomic E-state index is 0.298. The van der Waals surface area contributed by atoms with E-state index < -0.39 is 0 Å². The van der Waals surface area contributed by atoms with Gasteiger partial charge in [0.15, 0.2) is 0 Å². The average molecular weight is 212 g/mol. The van der Waals surface area contributed by atoms with Gasteiger partial charge in [-0.05, 0) is 26.0 Å². The molecule has 0 unspecified atom stereocenters. The van der Waals surface area contributed by atoms with E-state index in [1.807, 2.05) is 13.8 Å². The van der Waals surface area contributed by atoms with Crippen LogP contribution in [0.15, 0.2) is 18.2 Å². The Bertz CT molecular complexity index is 334. The molecule has 0 spiro atoms. The Hall–Kier alpha value is -1.29. The van der Waals surface area contributed by atoms with Gasteiger partial charge < -0.3 is 15.8 Å². The van der Waals surface area contributed by atoms with Crippen LogP contribution in [0.4, 0.5) is 10.1 Å². The quantitative estimate of drug-likeness (QED) is 0.802. The fourth-order valence-corrected chi connectivity index (χ4v) is 1.14. The van der Waals surface area contributed by atoms with Gasteiger partial charge in [-0.25, -0.2) is 4.39 Å². The molecule has 0 radical (unpaired) electrons. The van der Waals surface area contributed by atoms with E-state index in [1.54, 1.807) is 13.2 Å². The summed E-state index contributed by atoms with van der Waals surface area (Å²) in [4.78, 5) is 0. The van der Waals surface area contributed by atoms with Crippen LogP contribution in [0.3, 0.4) is 0 Å². The van der Waals surface area contributed by atoms with E-state index in [0.717, 1.165) is 0 Å². The largest absolute Gasteiger partial charge is 0.495 e. The van der Waals surface area contributed by atoms with Crippen LogP contribution in [0.5, 0.6) is 5.75 Å². The summed E-state index contributed by atoms with van der Waals surface area (Å²) in [6, 6.07) is 4.34. The Balaban J connectivity index is 2.79. The molecule has 84 valence electrons. The third-order valence-electron chi connectivity index (χ3n) is 1.90. The Kier molecular flexibility index (Phi) is 3.52. The second-order valence-corrected chi connectivity index (χ2v) is 4.19. The molecule has 0 bridgehead atoms. The zero-order valence-corrected chi connectivity index (χ0v) is 9.30. The van der Waals surface area contributed by atoms with Crippen LogP contribution in [-0.4, -0.2) is 19.2 Å². The molecule has 0 saturated carbocycles. The molecule has 0 aliphatic rings. The van der Waals surface area contributed by atoms with Gasteiger partial charge in [-0.15, -0.1) is 0 Å². The molecule has 1 aromatic rings. The van der Waals surface area contributed by atoms with Crippen LogP contribution in [0.2, 0.25) is 0 Å². The maximum absolute atomic E-state index is 13.0. The maximum atomic E-state index is 13.0. The number of nitrogens with one attached hydrogen (secondary N) is 1. The van der Waals surface area contributed by atoms with Gasteiger partial charge in [-0.1, -0.05) is 0 Å². The van der Waals surface area contributed by atoms with Crippen LogP contribution in [0.25, 0.3) is 0 Å². The van der Waals surface area contributed by atoms with E-state index in [-0.39, 0.29) is 11.4 Å². The summed E-state index contributed by atoms with van der Waals surface area (Å²) in [7, 11) is 1.55. The molecule has 1 aromatic carbocycles. The lowest BCUT2D eigenvalue weighted by molar-refractivity contribution is 0.414. The highest BCUT2D eigenvalue weighted by Crippen LogP contribution is 2.25. The summed E-state index contributed by atoms with van der Waals surface area (Å²) in [6.45, 7) is 4.34. The molecule has 0 saturated heterocycles. The minimum Gasteiger partial charge on any atom is -0.495 e. The second-order valence-electron chi connectivity index (χ2n) is 4.19. The first kappa shape index (κ1) is 11.8. The van der Waals surface area contributed by atoms with Crippen molar-refractivity contribution < 1.29 is 9.13 Å². The van der Waals surface area contributed by atoms with Crippen LogP contribution in [0, 0.1) is 5.82 Å².